The van der Waals surface area contributed by atoms with E-state index in [2.05, 4.69) is 21.0 Å². The van der Waals surface area contributed by atoms with Crippen molar-refractivity contribution < 1.29 is 22.6 Å². The van der Waals surface area contributed by atoms with Gasteiger partial charge in [-0.3, -0.25) is 0 Å². The van der Waals surface area contributed by atoms with Gasteiger partial charge < -0.3 is 9.47 Å². The largest absolute Gasteiger partial charge is 0.576 e. The smallest absolute Gasteiger partial charge is 0.448 e. The zero-order chi connectivity index (χ0) is 7.61. The molecule has 0 aliphatic carbocycles. The van der Waals surface area contributed by atoms with E-state index in [0.29, 0.717) is 0 Å². The lowest BCUT2D eigenvalue weighted by Crippen LogP contribution is -2.19. The van der Waals surface area contributed by atoms with E-state index in [0.717, 1.165) is 0 Å². The van der Waals surface area contributed by atoms with Crippen LogP contribution in [0.1, 0.15) is 0 Å². The van der Waals surface area contributed by atoms with Gasteiger partial charge in [0.25, 0.3) is 0 Å². The summed E-state index contributed by atoms with van der Waals surface area (Å²) in [5, 5.41) is 0. The number of aliphatic imine (C=N–C) groups is 1. The van der Waals surface area contributed by atoms with Gasteiger partial charge in [0.05, 0.1) is 0 Å². The Morgan fingerprint density at radius 2 is 2.30 bits per heavy atom. The average Bonchev–Trinajstić information content (AvgIpc) is 2.12. The summed E-state index contributed by atoms with van der Waals surface area (Å²) in [6.45, 7) is 2.04. The van der Waals surface area contributed by atoms with E-state index in [9.17, 15) is 13.2 Å². The predicted octanol–water partition coefficient (Wildman–Crippen LogP) is 0.948. The number of rotatable bonds is 0. The Hall–Kier alpha value is -0.940. The molecule has 3 nitrogen and oxygen atoms in total. The van der Waals surface area contributed by atoms with Gasteiger partial charge in [0.15, 0.2) is 6.54 Å². The Balaban J connectivity index is 2.38. The second kappa shape index (κ2) is 2.36. The SMILES string of the molecule is FC(F)(F)OC1=N[C]CO1. The summed E-state index contributed by atoms with van der Waals surface area (Å²) in [5.41, 5.74) is 0. The third-order valence-electron chi connectivity index (χ3n) is 0.634. The lowest BCUT2D eigenvalue weighted by atomic mass is 10.8. The highest BCUT2D eigenvalue weighted by molar-refractivity contribution is 5.69. The van der Waals surface area contributed by atoms with Gasteiger partial charge in [0.1, 0.15) is 6.61 Å². The lowest BCUT2D eigenvalue weighted by molar-refractivity contribution is -0.290. The summed E-state index contributed by atoms with van der Waals surface area (Å²) in [6.07, 6.45) is -5.53. The summed E-state index contributed by atoms with van der Waals surface area (Å²) in [5.74, 6) is 0. The summed E-state index contributed by atoms with van der Waals surface area (Å²) in [6, 6.07) is 0. The third kappa shape index (κ3) is 2.12. The Morgan fingerprint density at radius 1 is 1.60 bits per heavy atom. The monoisotopic (exact) mass is 153 g/mol. The fourth-order valence-electron chi connectivity index (χ4n) is 0.374. The minimum atomic E-state index is -4.73. The van der Waals surface area contributed by atoms with Crippen molar-refractivity contribution in [3.63, 3.8) is 0 Å². The molecule has 56 valence electrons. The van der Waals surface area contributed by atoms with Crippen LogP contribution in [0, 0.1) is 6.54 Å². The highest BCUT2D eigenvalue weighted by Crippen LogP contribution is 2.18. The van der Waals surface area contributed by atoms with Crippen molar-refractivity contribution in [2.75, 3.05) is 6.61 Å². The minimum Gasteiger partial charge on any atom is -0.448 e. The molecule has 0 aromatic carbocycles. The van der Waals surface area contributed by atoms with Crippen molar-refractivity contribution in [1.82, 2.24) is 0 Å². The molecule has 0 amide bonds. The Kier molecular flexibility index (Phi) is 1.69. The minimum absolute atomic E-state index is 0.0919. The fraction of sp³-hybridized carbons (Fsp3) is 0.500. The predicted molar refractivity (Wildman–Crippen MR) is 23.8 cm³/mol. The van der Waals surface area contributed by atoms with Gasteiger partial charge in [-0.05, 0) is 0 Å². The van der Waals surface area contributed by atoms with Gasteiger partial charge in [0, 0.05) is 0 Å². The quantitative estimate of drug-likeness (QED) is 0.518. The van der Waals surface area contributed by atoms with E-state index in [1.165, 1.54) is 0 Å². The Labute approximate surface area is 54.4 Å². The normalized spacial score (nSPS) is 18.1. The molecule has 0 saturated carbocycles. The molecule has 0 fully saturated rings. The van der Waals surface area contributed by atoms with Crippen LogP contribution in [0.4, 0.5) is 13.2 Å². The molecule has 10 heavy (non-hydrogen) atoms. The Bertz CT molecular complexity index is 153. The fourth-order valence-corrected chi connectivity index (χ4v) is 0.374. The number of hydrogen-bond donors (Lipinski definition) is 0. The van der Waals surface area contributed by atoms with E-state index in [1.54, 1.807) is 0 Å². The number of alkyl halides is 3. The number of hydrogen-bond acceptors (Lipinski definition) is 3. The molecular formula is C4H2F3NO2. The van der Waals surface area contributed by atoms with Gasteiger partial charge in [-0.25, -0.2) is 4.99 Å². The molecule has 0 atom stereocenters. The van der Waals surface area contributed by atoms with Crippen molar-refractivity contribution in [2.24, 2.45) is 4.99 Å². The van der Waals surface area contributed by atoms with Crippen molar-refractivity contribution >= 4 is 6.08 Å². The van der Waals surface area contributed by atoms with Gasteiger partial charge >= 0.3 is 12.4 Å². The second-order valence-electron chi connectivity index (χ2n) is 1.37. The van der Waals surface area contributed by atoms with Crippen LogP contribution in [0.25, 0.3) is 0 Å². The molecule has 1 aliphatic rings. The molecule has 6 heteroatoms. The van der Waals surface area contributed by atoms with Crippen molar-refractivity contribution in [3.05, 3.63) is 6.54 Å². The van der Waals surface area contributed by atoms with Gasteiger partial charge in [-0.2, -0.15) is 0 Å². The maximum absolute atomic E-state index is 11.3. The molecule has 2 radical (unpaired) electrons. The number of halogens is 3. The highest BCUT2D eigenvalue weighted by Gasteiger charge is 2.34. The Morgan fingerprint density at radius 3 is 2.70 bits per heavy atom. The summed E-state index contributed by atoms with van der Waals surface area (Å²) in [4.78, 5) is 3.02. The summed E-state index contributed by atoms with van der Waals surface area (Å²) in [7, 11) is 0. The zero-order valence-corrected chi connectivity index (χ0v) is 4.60. The van der Waals surface area contributed by atoms with Gasteiger partial charge in [-0.15, -0.1) is 13.2 Å². The maximum Gasteiger partial charge on any atom is 0.576 e. The second-order valence-corrected chi connectivity index (χ2v) is 1.37. The van der Waals surface area contributed by atoms with Crippen LogP contribution in [0.5, 0.6) is 0 Å². The van der Waals surface area contributed by atoms with E-state index >= 15 is 0 Å². The molecule has 0 aromatic rings. The van der Waals surface area contributed by atoms with Crippen molar-refractivity contribution in [1.29, 1.82) is 0 Å². The van der Waals surface area contributed by atoms with Crippen LogP contribution in [0.3, 0.4) is 0 Å². The number of ether oxygens (including phenoxy) is 2. The third-order valence-corrected chi connectivity index (χ3v) is 0.634. The van der Waals surface area contributed by atoms with E-state index < -0.39 is 12.4 Å². The van der Waals surface area contributed by atoms with Crippen LogP contribution in [0.2, 0.25) is 0 Å². The van der Waals surface area contributed by atoms with Crippen molar-refractivity contribution in [2.45, 2.75) is 6.36 Å². The topological polar surface area (TPSA) is 30.8 Å². The highest BCUT2D eigenvalue weighted by atomic mass is 19.4. The van der Waals surface area contributed by atoms with Gasteiger partial charge in [0.2, 0.25) is 0 Å². The van der Waals surface area contributed by atoms with Crippen LogP contribution < -0.4 is 0 Å². The van der Waals surface area contributed by atoms with E-state index in [-0.39, 0.29) is 6.61 Å². The first kappa shape index (κ1) is 7.17. The number of nitrogens with zero attached hydrogens (tertiary/aromatic N) is 1. The molecule has 1 aliphatic heterocycles. The molecule has 1 heterocycles. The summed E-state index contributed by atoms with van der Waals surface area (Å²) < 4.78 is 41.4. The molecule has 0 unspecified atom stereocenters. The molecule has 0 N–H and O–H groups in total. The van der Waals surface area contributed by atoms with Crippen LogP contribution in [-0.2, 0) is 9.47 Å². The van der Waals surface area contributed by atoms with Crippen LogP contribution in [-0.4, -0.2) is 19.1 Å². The first-order valence-corrected chi connectivity index (χ1v) is 2.27. The van der Waals surface area contributed by atoms with E-state index in [4.69, 9.17) is 0 Å². The summed E-state index contributed by atoms with van der Waals surface area (Å²) >= 11 is 0. The first-order chi connectivity index (χ1) is 4.58. The van der Waals surface area contributed by atoms with E-state index in [1.807, 2.05) is 0 Å². The molecule has 0 bridgehead atoms. The standard InChI is InChI=1S/C4H2F3NO2/c5-4(6,7)10-3-8-1-2-9-3/h2H2. The molecular weight excluding hydrogens is 151 g/mol. The maximum atomic E-state index is 11.3. The van der Waals surface area contributed by atoms with Crippen LogP contribution >= 0.6 is 0 Å². The molecule has 1 rings (SSSR count). The zero-order valence-electron chi connectivity index (χ0n) is 4.60. The molecule has 0 spiro atoms. The van der Waals surface area contributed by atoms with Crippen molar-refractivity contribution in [3.8, 4) is 0 Å². The average molecular weight is 153 g/mol. The molecule has 0 saturated heterocycles. The molecule has 0 aromatic heterocycles. The van der Waals surface area contributed by atoms with Gasteiger partial charge in [-0.1, -0.05) is 0 Å². The first-order valence-electron chi connectivity index (χ1n) is 2.27. The van der Waals surface area contributed by atoms with Crippen LogP contribution in [0.15, 0.2) is 4.99 Å². The lowest BCUT2D eigenvalue weighted by Gasteiger charge is -2.05.